The van der Waals surface area contributed by atoms with Crippen molar-refractivity contribution in [3.8, 4) is 0 Å². The fourth-order valence-corrected chi connectivity index (χ4v) is 3.53. The molecule has 0 aliphatic carbocycles. The molecule has 3 N–H and O–H groups in total. The molecule has 0 aromatic heterocycles. The highest BCUT2D eigenvalue weighted by atomic mass is 32.1. The van der Waals surface area contributed by atoms with Crippen molar-refractivity contribution >= 4 is 30.4 Å². The minimum Gasteiger partial charge on any atom is -0.388 e. The number of ether oxygens (including phenoxy) is 1. The Bertz CT molecular complexity index is 516. The van der Waals surface area contributed by atoms with Crippen molar-refractivity contribution in [3.63, 3.8) is 0 Å². The lowest BCUT2D eigenvalue weighted by atomic mass is 10.1. The van der Waals surface area contributed by atoms with Crippen molar-refractivity contribution in [2.45, 2.75) is 31.0 Å². The lowest BCUT2D eigenvalue weighted by molar-refractivity contribution is -0.0590. The third kappa shape index (κ3) is 3.96. The first kappa shape index (κ1) is 16.7. The van der Waals surface area contributed by atoms with Gasteiger partial charge in [-0.2, -0.15) is 0 Å². The molecule has 1 fully saturated rings. The topological polar surface area (TPSA) is 65.0 Å². The van der Waals surface area contributed by atoms with Gasteiger partial charge in [0.15, 0.2) is 6.23 Å². The summed E-state index contributed by atoms with van der Waals surface area (Å²) in [5.41, 5.74) is 0. The lowest BCUT2D eigenvalue weighted by Crippen LogP contribution is -2.46. The van der Waals surface area contributed by atoms with E-state index in [0.29, 0.717) is 17.2 Å². The predicted molar refractivity (Wildman–Crippen MR) is 91.9 cm³/mol. The Morgan fingerprint density at radius 1 is 1.43 bits per heavy atom. The van der Waals surface area contributed by atoms with Gasteiger partial charge in [0, 0.05) is 6.20 Å². The van der Waals surface area contributed by atoms with Gasteiger partial charge in [0.05, 0.1) is 6.10 Å². The third-order valence-electron chi connectivity index (χ3n) is 3.60. The van der Waals surface area contributed by atoms with E-state index in [0.717, 1.165) is 6.16 Å². The number of aliphatic hydroxyl groups is 2. The number of thiocarbonyl (C=S) groups is 1. The second kappa shape index (κ2) is 6.23. The number of nitrogens with one attached hydrogen (secondary N) is 1. The van der Waals surface area contributed by atoms with Crippen molar-refractivity contribution in [3.05, 3.63) is 24.7 Å². The summed E-state index contributed by atoms with van der Waals surface area (Å²) < 4.78 is 5.85. The van der Waals surface area contributed by atoms with Crippen LogP contribution in [0, 0.1) is 0 Å². The van der Waals surface area contributed by atoms with Crippen LogP contribution in [-0.4, -0.2) is 70.4 Å². The van der Waals surface area contributed by atoms with Crippen molar-refractivity contribution in [2.75, 3.05) is 19.5 Å². The Morgan fingerprint density at radius 3 is 2.67 bits per heavy atom. The number of hydrogen-bond donors (Lipinski definition) is 3. The molecule has 1 saturated heterocycles. The van der Waals surface area contributed by atoms with Gasteiger partial charge in [-0.3, -0.25) is 0 Å². The summed E-state index contributed by atoms with van der Waals surface area (Å²) in [6.45, 7) is 6.96. The number of hydrogen-bond acceptors (Lipinski definition) is 5. The smallest absolute Gasteiger partial charge is 0.164 e. The van der Waals surface area contributed by atoms with E-state index in [1.807, 2.05) is 0 Å². The summed E-state index contributed by atoms with van der Waals surface area (Å²) in [6.07, 6.45) is 6.22. The van der Waals surface area contributed by atoms with E-state index < -0.39 is 25.3 Å². The molecule has 7 heteroatoms. The quantitative estimate of drug-likeness (QED) is 0.522. The fraction of sp³-hybridized carbons (Fsp3) is 0.571. The van der Waals surface area contributed by atoms with Gasteiger partial charge >= 0.3 is 0 Å². The molecule has 0 bridgehead atoms. The van der Waals surface area contributed by atoms with Gasteiger partial charge in [0.25, 0.3) is 0 Å². The zero-order chi connectivity index (χ0) is 15.8. The number of aliphatic hydroxyl groups excluding tert-OH is 2. The predicted octanol–water partition coefficient (Wildman–Crippen LogP) is 0.750. The zero-order valence-electron chi connectivity index (χ0n) is 12.4. The molecule has 2 heterocycles. The monoisotopic (exact) mass is 330 g/mol. The van der Waals surface area contributed by atoms with Crippen LogP contribution in [0.15, 0.2) is 24.7 Å². The first-order chi connectivity index (χ1) is 9.69. The van der Waals surface area contributed by atoms with Crippen molar-refractivity contribution < 1.29 is 14.9 Å². The molecule has 4 atom stereocenters. The summed E-state index contributed by atoms with van der Waals surface area (Å²) >= 11 is 5.03. The van der Waals surface area contributed by atoms with Gasteiger partial charge in [-0.1, -0.05) is 18.8 Å². The second-order valence-electron chi connectivity index (χ2n) is 6.15. The largest absolute Gasteiger partial charge is 0.388 e. The van der Waals surface area contributed by atoms with Crippen LogP contribution in [0.4, 0.5) is 0 Å². The molecule has 5 nitrogen and oxygen atoms in total. The van der Waals surface area contributed by atoms with Gasteiger partial charge in [0.2, 0.25) is 0 Å². The Hall–Kier alpha value is -0.650. The molecule has 0 amide bonds. The fourth-order valence-electron chi connectivity index (χ4n) is 2.40. The third-order valence-corrected chi connectivity index (χ3v) is 5.30. The van der Waals surface area contributed by atoms with Gasteiger partial charge < -0.3 is 25.2 Å². The van der Waals surface area contributed by atoms with Crippen LogP contribution < -0.4 is 5.32 Å². The van der Waals surface area contributed by atoms with Gasteiger partial charge in [-0.15, -0.1) is 13.2 Å². The van der Waals surface area contributed by atoms with Crippen LogP contribution in [0.2, 0.25) is 0 Å². The van der Waals surface area contributed by atoms with Crippen LogP contribution in [0.5, 0.6) is 0 Å². The van der Waals surface area contributed by atoms with Crippen LogP contribution in [0.1, 0.15) is 6.42 Å². The van der Waals surface area contributed by atoms with Crippen molar-refractivity contribution in [2.24, 2.45) is 0 Å². The lowest BCUT2D eigenvalue weighted by Gasteiger charge is -2.33. The highest BCUT2D eigenvalue weighted by Gasteiger charge is 2.45. The summed E-state index contributed by atoms with van der Waals surface area (Å²) in [7, 11) is 0. The van der Waals surface area contributed by atoms with E-state index in [-0.39, 0.29) is 6.10 Å². The number of nitrogens with zero attached hydrogens (tertiary/aromatic N) is 1. The second-order valence-corrected chi connectivity index (χ2v) is 10.9. The van der Waals surface area contributed by atoms with Crippen molar-refractivity contribution in [1.82, 2.24) is 10.2 Å². The normalized spacial score (nSPS) is 33.4. The Labute approximate surface area is 131 Å². The molecule has 0 radical (unpaired) electrons. The minimum atomic E-state index is -1.18. The molecule has 118 valence electrons. The van der Waals surface area contributed by atoms with E-state index in [1.165, 1.54) is 0 Å². The van der Waals surface area contributed by atoms with E-state index in [9.17, 15) is 10.2 Å². The first-order valence-corrected chi connectivity index (χ1v) is 10.3. The SMILES string of the molecule is C=C1NC(=S)C=CN1[C@@H]1O[C@H](CCP(=C)(C)C)[C@@H](O)C1O. The molecule has 0 spiro atoms. The Kier molecular flexibility index (Phi) is 4.96. The summed E-state index contributed by atoms with van der Waals surface area (Å²) in [4.78, 5) is 2.22. The maximum atomic E-state index is 10.2. The van der Waals surface area contributed by atoms with Crippen LogP contribution in [0.3, 0.4) is 0 Å². The highest BCUT2D eigenvalue weighted by molar-refractivity contribution is 7.80. The standard InChI is InChI=1S/C14H23N2O3PS/c1-9-15-11(21)5-7-16(9)14-13(18)12(17)10(19-14)6-8-20(2,3)4/h5,7,10,12-14,17-18H,1-2,6,8H2,3-4H3,(H,15,21)/t10-,12-,13?,14-/m1/s1. The molecule has 0 aromatic rings. The Morgan fingerprint density at radius 2 is 2.10 bits per heavy atom. The van der Waals surface area contributed by atoms with Gasteiger partial charge in [-0.05, 0) is 32.0 Å². The molecule has 2 rings (SSSR count). The van der Waals surface area contributed by atoms with Crippen LogP contribution >= 0.6 is 19.1 Å². The molecule has 0 aromatic carbocycles. The molecular formula is C14H23N2O3PS. The van der Waals surface area contributed by atoms with Gasteiger partial charge in [0.1, 0.15) is 23.0 Å². The molecule has 0 saturated carbocycles. The van der Waals surface area contributed by atoms with Gasteiger partial charge in [-0.25, -0.2) is 0 Å². The van der Waals surface area contributed by atoms with E-state index in [2.05, 4.69) is 31.5 Å². The zero-order valence-corrected chi connectivity index (χ0v) is 14.1. The maximum absolute atomic E-state index is 10.2. The highest BCUT2D eigenvalue weighted by Crippen LogP contribution is 2.38. The van der Waals surface area contributed by atoms with E-state index >= 15 is 0 Å². The maximum Gasteiger partial charge on any atom is 0.164 e. The van der Waals surface area contributed by atoms with Crippen LogP contribution in [-0.2, 0) is 4.74 Å². The van der Waals surface area contributed by atoms with Crippen molar-refractivity contribution in [1.29, 1.82) is 0 Å². The van der Waals surface area contributed by atoms with E-state index in [1.54, 1.807) is 17.2 Å². The average Bonchev–Trinajstić information content (AvgIpc) is 2.64. The Balaban J connectivity index is 2.06. The minimum absolute atomic E-state index is 0.388. The molecule has 2 aliphatic heterocycles. The summed E-state index contributed by atoms with van der Waals surface area (Å²) in [6, 6.07) is 0. The molecule has 2 aliphatic rings. The molecular weight excluding hydrogens is 307 g/mol. The number of rotatable bonds is 4. The van der Waals surface area contributed by atoms with E-state index in [4.69, 9.17) is 17.0 Å². The average molecular weight is 330 g/mol. The molecule has 1 unspecified atom stereocenters. The first-order valence-electron chi connectivity index (χ1n) is 6.84. The summed E-state index contributed by atoms with van der Waals surface area (Å²) in [5, 5.41) is 23.3. The van der Waals surface area contributed by atoms with Crippen LogP contribution in [0.25, 0.3) is 0 Å². The summed E-state index contributed by atoms with van der Waals surface area (Å²) in [5.74, 6) is 0.532. The molecule has 21 heavy (non-hydrogen) atoms.